The van der Waals surface area contributed by atoms with E-state index in [1.165, 1.54) is 56.4 Å². The van der Waals surface area contributed by atoms with E-state index >= 15 is 0 Å². The minimum atomic E-state index is 0.728. The summed E-state index contributed by atoms with van der Waals surface area (Å²) < 4.78 is 0. The van der Waals surface area contributed by atoms with E-state index in [1.807, 2.05) is 0 Å². The van der Waals surface area contributed by atoms with Crippen LogP contribution in [0.4, 0.5) is 5.69 Å². The summed E-state index contributed by atoms with van der Waals surface area (Å²) in [6.45, 7) is 5.88. The highest BCUT2D eigenvalue weighted by Gasteiger charge is 2.23. The van der Waals surface area contributed by atoms with Gasteiger partial charge in [-0.15, -0.1) is 0 Å². The molecule has 1 saturated carbocycles. The molecule has 2 aliphatic rings. The summed E-state index contributed by atoms with van der Waals surface area (Å²) >= 11 is 0. The zero-order valence-electron chi connectivity index (χ0n) is 12.1. The van der Waals surface area contributed by atoms with Gasteiger partial charge in [-0.05, 0) is 43.2 Å². The Morgan fingerprint density at radius 1 is 1.11 bits per heavy atom. The number of nitrogens with zero attached hydrogens (tertiary/aromatic N) is 1. The van der Waals surface area contributed by atoms with Gasteiger partial charge in [0.2, 0.25) is 0 Å². The van der Waals surface area contributed by atoms with Crippen molar-refractivity contribution in [1.29, 1.82) is 0 Å². The van der Waals surface area contributed by atoms with Gasteiger partial charge in [-0.25, -0.2) is 0 Å². The average molecular weight is 258 g/mol. The van der Waals surface area contributed by atoms with Crippen LogP contribution in [0.15, 0.2) is 24.3 Å². The SMILES string of the molecule is CC1CCCC1NCc1ccccc1N1CCCC1. The molecule has 1 heterocycles. The zero-order chi connectivity index (χ0) is 13.1. The van der Waals surface area contributed by atoms with Crippen LogP contribution in [0.25, 0.3) is 0 Å². The Bertz CT molecular complexity index is 409. The molecule has 104 valence electrons. The Hall–Kier alpha value is -1.02. The van der Waals surface area contributed by atoms with E-state index in [-0.39, 0.29) is 0 Å². The molecule has 1 N–H and O–H groups in total. The van der Waals surface area contributed by atoms with E-state index in [0.717, 1.165) is 18.5 Å². The fourth-order valence-corrected chi connectivity index (χ4v) is 3.62. The Balaban J connectivity index is 1.66. The van der Waals surface area contributed by atoms with Gasteiger partial charge in [0.05, 0.1) is 0 Å². The van der Waals surface area contributed by atoms with Gasteiger partial charge in [0, 0.05) is 31.4 Å². The van der Waals surface area contributed by atoms with E-state index in [9.17, 15) is 0 Å². The van der Waals surface area contributed by atoms with E-state index < -0.39 is 0 Å². The van der Waals surface area contributed by atoms with Crippen molar-refractivity contribution >= 4 is 5.69 Å². The van der Waals surface area contributed by atoms with E-state index in [2.05, 4.69) is 41.4 Å². The normalized spacial score (nSPS) is 27.1. The Morgan fingerprint density at radius 2 is 1.89 bits per heavy atom. The molecule has 2 fully saturated rings. The molecular formula is C17H26N2. The number of rotatable bonds is 4. The number of hydrogen-bond donors (Lipinski definition) is 1. The first kappa shape index (κ1) is 13.0. The van der Waals surface area contributed by atoms with Gasteiger partial charge in [0.1, 0.15) is 0 Å². The van der Waals surface area contributed by atoms with Crippen molar-refractivity contribution in [2.24, 2.45) is 5.92 Å². The Kier molecular flexibility index (Phi) is 4.07. The summed E-state index contributed by atoms with van der Waals surface area (Å²) in [5, 5.41) is 3.78. The summed E-state index contributed by atoms with van der Waals surface area (Å²) in [5.74, 6) is 0.846. The van der Waals surface area contributed by atoms with Gasteiger partial charge < -0.3 is 10.2 Å². The molecule has 2 heteroatoms. The first-order chi connectivity index (χ1) is 9.34. The third-order valence-corrected chi connectivity index (χ3v) is 4.85. The molecule has 2 atom stereocenters. The largest absolute Gasteiger partial charge is 0.371 e. The van der Waals surface area contributed by atoms with Gasteiger partial charge in [0.15, 0.2) is 0 Å². The molecule has 1 aromatic carbocycles. The summed E-state index contributed by atoms with van der Waals surface area (Å²) in [6.07, 6.45) is 6.84. The van der Waals surface area contributed by atoms with Gasteiger partial charge >= 0.3 is 0 Å². The fourth-order valence-electron chi connectivity index (χ4n) is 3.62. The number of anilines is 1. The van der Waals surface area contributed by atoms with Crippen molar-refractivity contribution in [2.75, 3.05) is 18.0 Å². The molecule has 2 nitrogen and oxygen atoms in total. The lowest BCUT2D eigenvalue weighted by Crippen LogP contribution is -2.31. The highest BCUT2D eigenvalue weighted by molar-refractivity contribution is 5.54. The summed E-state index contributed by atoms with van der Waals surface area (Å²) in [7, 11) is 0. The van der Waals surface area contributed by atoms with Crippen molar-refractivity contribution in [2.45, 2.75) is 51.6 Å². The van der Waals surface area contributed by atoms with Crippen molar-refractivity contribution in [3.8, 4) is 0 Å². The molecule has 0 spiro atoms. The highest BCUT2D eigenvalue weighted by Crippen LogP contribution is 2.27. The van der Waals surface area contributed by atoms with E-state index in [4.69, 9.17) is 0 Å². The maximum atomic E-state index is 3.78. The molecular weight excluding hydrogens is 232 g/mol. The second kappa shape index (κ2) is 5.96. The van der Waals surface area contributed by atoms with Crippen molar-refractivity contribution < 1.29 is 0 Å². The second-order valence-electron chi connectivity index (χ2n) is 6.22. The van der Waals surface area contributed by atoms with Gasteiger partial charge in [-0.1, -0.05) is 31.5 Å². The molecule has 0 amide bonds. The fraction of sp³-hybridized carbons (Fsp3) is 0.647. The number of para-hydroxylation sites is 1. The smallest absolute Gasteiger partial charge is 0.0411 e. The van der Waals surface area contributed by atoms with Gasteiger partial charge in [0.25, 0.3) is 0 Å². The number of hydrogen-bond acceptors (Lipinski definition) is 2. The summed E-state index contributed by atoms with van der Waals surface area (Å²) in [4.78, 5) is 2.55. The van der Waals surface area contributed by atoms with Gasteiger partial charge in [-0.3, -0.25) is 0 Å². The van der Waals surface area contributed by atoms with Crippen LogP contribution < -0.4 is 10.2 Å². The number of nitrogens with one attached hydrogen (secondary N) is 1. The first-order valence-electron chi connectivity index (χ1n) is 7.91. The third-order valence-electron chi connectivity index (χ3n) is 4.85. The van der Waals surface area contributed by atoms with Crippen LogP contribution in [0, 0.1) is 5.92 Å². The molecule has 1 aromatic rings. The van der Waals surface area contributed by atoms with Crippen LogP contribution in [0.5, 0.6) is 0 Å². The first-order valence-corrected chi connectivity index (χ1v) is 7.91. The van der Waals surface area contributed by atoms with Crippen molar-refractivity contribution in [1.82, 2.24) is 5.32 Å². The second-order valence-corrected chi connectivity index (χ2v) is 6.22. The van der Waals surface area contributed by atoms with Crippen LogP contribution in [0.2, 0.25) is 0 Å². The predicted octanol–water partition coefficient (Wildman–Crippen LogP) is 3.57. The minimum absolute atomic E-state index is 0.728. The molecule has 1 aliphatic heterocycles. The molecule has 0 aromatic heterocycles. The lowest BCUT2D eigenvalue weighted by molar-refractivity contribution is 0.426. The zero-order valence-corrected chi connectivity index (χ0v) is 12.1. The number of benzene rings is 1. The summed E-state index contributed by atoms with van der Waals surface area (Å²) in [5.41, 5.74) is 2.93. The van der Waals surface area contributed by atoms with Crippen LogP contribution in [-0.4, -0.2) is 19.1 Å². The average Bonchev–Trinajstić information content (AvgIpc) is 3.08. The Labute approximate surface area is 117 Å². The van der Waals surface area contributed by atoms with Crippen LogP contribution in [0.3, 0.4) is 0 Å². The molecule has 1 aliphatic carbocycles. The standard InChI is InChI=1S/C17H26N2/c1-14-7-6-9-16(14)18-13-15-8-2-3-10-17(15)19-11-4-5-12-19/h2-3,8,10,14,16,18H,4-7,9,11-13H2,1H3. The van der Waals surface area contributed by atoms with Crippen LogP contribution in [-0.2, 0) is 6.54 Å². The molecule has 2 unspecified atom stereocenters. The highest BCUT2D eigenvalue weighted by atomic mass is 15.1. The summed E-state index contributed by atoms with van der Waals surface area (Å²) in [6, 6.07) is 9.66. The van der Waals surface area contributed by atoms with Crippen molar-refractivity contribution in [3.63, 3.8) is 0 Å². The molecule has 0 bridgehead atoms. The van der Waals surface area contributed by atoms with Crippen LogP contribution in [0.1, 0.15) is 44.6 Å². The maximum absolute atomic E-state index is 3.78. The molecule has 3 rings (SSSR count). The quantitative estimate of drug-likeness (QED) is 0.888. The van der Waals surface area contributed by atoms with Crippen molar-refractivity contribution in [3.05, 3.63) is 29.8 Å². The topological polar surface area (TPSA) is 15.3 Å². The van der Waals surface area contributed by atoms with E-state index in [1.54, 1.807) is 0 Å². The van der Waals surface area contributed by atoms with E-state index in [0.29, 0.717) is 0 Å². The third kappa shape index (κ3) is 2.94. The maximum Gasteiger partial charge on any atom is 0.0411 e. The monoisotopic (exact) mass is 258 g/mol. The lowest BCUT2D eigenvalue weighted by Gasteiger charge is -2.23. The van der Waals surface area contributed by atoms with Crippen LogP contribution >= 0.6 is 0 Å². The molecule has 1 saturated heterocycles. The van der Waals surface area contributed by atoms with Gasteiger partial charge in [-0.2, -0.15) is 0 Å². The lowest BCUT2D eigenvalue weighted by atomic mass is 10.1. The molecule has 19 heavy (non-hydrogen) atoms. The Morgan fingerprint density at radius 3 is 2.63 bits per heavy atom. The minimum Gasteiger partial charge on any atom is -0.371 e. The predicted molar refractivity (Wildman–Crippen MR) is 81.5 cm³/mol. The molecule has 0 radical (unpaired) electrons.